The van der Waals surface area contributed by atoms with Crippen molar-refractivity contribution in [2.75, 3.05) is 0 Å². The summed E-state index contributed by atoms with van der Waals surface area (Å²) < 4.78 is 5.27. The van der Waals surface area contributed by atoms with E-state index in [1.54, 1.807) is 6.92 Å². The fourth-order valence-corrected chi connectivity index (χ4v) is 2.37. The van der Waals surface area contributed by atoms with E-state index in [9.17, 15) is 14.4 Å². The van der Waals surface area contributed by atoms with Crippen molar-refractivity contribution in [2.45, 2.75) is 58.5 Å². The lowest BCUT2D eigenvalue weighted by Crippen LogP contribution is -2.18. The molecule has 0 aliphatic carbocycles. The van der Waals surface area contributed by atoms with E-state index in [0.717, 1.165) is 43.9 Å². The maximum atomic E-state index is 12.2. The second-order valence-corrected chi connectivity index (χ2v) is 5.79. The van der Waals surface area contributed by atoms with Crippen molar-refractivity contribution < 1.29 is 29.3 Å². The number of carboxylic acids is 2. The summed E-state index contributed by atoms with van der Waals surface area (Å²) in [6, 6.07) is 3.31. The molecule has 0 saturated carbocycles. The maximum Gasteiger partial charge on any atom is 0.339 e. The third-order valence-corrected chi connectivity index (χ3v) is 3.74. The molecule has 0 aromatic heterocycles. The molecule has 1 atom stereocenters. The van der Waals surface area contributed by atoms with E-state index >= 15 is 0 Å². The average Bonchev–Trinajstić information content (AvgIpc) is 2.53. The van der Waals surface area contributed by atoms with Crippen LogP contribution in [0.5, 0.6) is 0 Å². The predicted octanol–water partition coefficient (Wildman–Crippen LogP) is 3.99. The van der Waals surface area contributed by atoms with Gasteiger partial charge in [-0.05, 0) is 38.0 Å². The molecule has 1 aromatic rings. The molecule has 24 heavy (non-hydrogen) atoms. The summed E-state index contributed by atoms with van der Waals surface area (Å²) in [6.45, 7) is 3.88. The lowest BCUT2D eigenvalue weighted by Gasteiger charge is -2.14. The first-order valence-corrected chi connectivity index (χ1v) is 8.18. The summed E-state index contributed by atoms with van der Waals surface area (Å²) in [5.41, 5.74) is -0.653. The molecule has 1 rings (SSSR count). The van der Waals surface area contributed by atoms with Crippen molar-refractivity contribution in [1.82, 2.24) is 0 Å². The van der Waals surface area contributed by atoms with Gasteiger partial charge in [-0.25, -0.2) is 14.4 Å². The number of esters is 1. The highest BCUT2D eigenvalue weighted by Gasteiger charge is 2.21. The monoisotopic (exact) mass is 336 g/mol. The van der Waals surface area contributed by atoms with Crippen LogP contribution in [0, 0.1) is 0 Å². The van der Waals surface area contributed by atoms with Crippen molar-refractivity contribution in [3.8, 4) is 0 Å². The van der Waals surface area contributed by atoms with Gasteiger partial charge >= 0.3 is 17.9 Å². The van der Waals surface area contributed by atoms with Crippen LogP contribution >= 0.6 is 0 Å². The summed E-state index contributed by atoms with van der Waals surface area (Å²) in [5.74, 6) is -3.34. The number of carbonyl (C=O) groups excluding carboxylic acids is 1. The minimum absolute atomic E-state index is 0.154. The largest absolute Gasteiger partial charge is 0.478 e. The molecule has 132 valence electrons. The first kappa shape index (κ1) is 19.7. The summed E-state index contributed by atoms with van der Waals surface area (Å²) in [4.78, 5) is 34.4. The van der Waals surface area contributed by atoms with Gasteiger partial charge in [-0.2, -0.15) is 0 Å². The first-order chi connectivity index (χ1) is 11.4. The number of rotatable bonds is 10. The molecule has 0 fully saturated rings. The zero-order chi connectivity index (χ0) is 18.1. The molecule has 1 aromatic carbocycles. The molecule has 6 nitrogen and oxygen atoms in total. The van der Waals surface area contributed by atoms with Crippen LogP contribution in [0.2, 0.25) is 0 Å². The Kier molecular flexibility index (Phi) is 7.95. The van der Waals surface area contributed by atoms with Gasteiger partial charge in [-0.3, -0.25) is 0 Å². The summed E-state index contributed by atoms with van der Waals surface area (Å²) >= 11 is 0. The van der Waals surface area contributed by atoms with Gasteiger partial charge in [0.25, 0.3) is 0 Å². The lowest BCUT2D eigenvalue weighted by atomic mass is 10.0. The van der Waals surface area contributed by atoms with Gasteiger partial charge in [-0.1, -0.05) is 32.6 Å². The Bertz CT molecular complexity index is 593. The number of hydrogen-bond donors (Lipinski definition) is 2. The molecule has 0 heterocycles. The molecule has 0 aliphatic rings. The van der Waals surface area contributed by atoms with Crippen LogP contribution in [0.15, 0.2) is 18.2 Å². The first-order valence-electron chi connectivity index (χ1n) is 8.18. The highest BCUT2D eigenvalue weighted by molar-refractivity contribution is 6.04. The highest BCUT2D eigenvalue weighted by Crippen LogP contribution is 2.17. The standard InChI is InChI=1S/C18H24O6/c1-3-4-5-6-7-8-12(2)24-18(23)15-11-13(16(19)20)9-10-14(15)17(21)22/h9-12H,3-8H2,1-2H3,(H,19,20)(H,21,22). The Balaban J connectivity index is 2.73. The minimum Gasteiger partial charge on any atom is -0.478 e. The fourth-order valence-electron chi connectivity index (χ4n) is 2.37. The zero-order valence-corrected chi connectivity index (χ0v) is 14.1. The molecule has 0 radical (unpaired) electrons. The van der Waals surface area contributed by atoms with Gasteiger partial charge in [0, 0.05) is 0 Å². The Morgan fingerprint density at radius 2 is 1.67 bits per heavy atom. The summed E-state index contributed by atoms with van der Waals surface area (Å²) in [7, 11) is 0. The van der Waals surface area contributed by atoms with E-state index in [-0.39, 0.29) is 22.8 Å². The number of aromatic carboxylic acids is 2. The van der Waals surface area contributed by atoms with Crippen LogP contribution in [-0.2, 0) is 4.74 Å². The third kappa shape index (κ3) is 6.02. The van der Waals surface area contributed by atoms with Gasteiger partial charge in [0.05, 0.1) is 22.8 Å². The van der Waals surface area contributed by atoms with Crippen LogP contribution < -0.4 is 0 Å². The number of carbonyl (C=O) groups is 3. The van der Waals surface area contributed by atoms with E-state index in [0.29, 0.717) is 6.42 Å². The quantitative estimate of drug-likeness (QED) is 0.495. The van der Waals surface area contributed by atoms with Gasteiger partial charge in [0.2, 0.25) is 0 Å². The van der Waals surface area contributed by atoms with Crippen molar-refractivity contribution >= 4 is 17.9 Å². The number of carboxylic acid groups (broad SMARTS) is 2. The van der Waals surface area contributed by atoms with Crippen molar-refractivity contribution in [3.05, 3.63) is 34.9 Å². The number of unbranched alkanes of at least 4 members (excludes halogenated alkanes) is 4. The van der Waals surface area contributed by atoms with Crippen LogP contribution in [0.1, 0.15) is 83.4 Å². The van der Waals surface area contributed by atoms with Crippen molar-refractivity contribution in [2.24, 2.45) is 0 Å². The summed E-state index contributed by atoms with van der Waals surface area (Å²) in [5, 5.41) is 18.1. The predicted molar refractivity (Wildman–Crippen MR) is 88.6 cm³/mol. The maximum absolute atomic E-state index is 12.2. The molecular weight excluding hydrogens is 312 g/mol. The number of ether oxygens (including phenoxy) is 1. The Morgan fingerprint density at radius 3 is 2.25 bits per heavy atom. The normalized spacial score (nSPS) is 11.8. The van der Waals surface area contributed by atoms with E-state index in [4.69, 9.17) is 14.9 Å². The third-order valence-electron chi connectivity index (χ3n) is 3.74. The topological polar surface area (TPSA) is 101 Å². The smallest absolute Gasteiger partial charge is 0.339 e. The lowest BCUT2D eigenvalue weighted by molar-refractivity contribution is 0.0313. The molecule has 6 heteroatoms. The highest BCUT2D eigenvalue weighted by atomic mass is 16.5. The summed E-state index contributed by atoms with van der Waals surface area (Å²) in [6.07, 6.45) is 5.80. The van der Waals surface area contributed by atoms with Crippen LogP contribution in [0.4, 0.5) is 0 Å². The Labute approximate surface area is 141 Å². The van der Waals surface area contributed by atoms with Crippen molar-refractivity contribution in [1.29, 1.82) is 0 Å². The SMILES string of the molecule is CCCCCCCC(C)OC(=O)c1cc(C(=O)O)ccc1C(=O)O. The van der Waals surface area contributed by atoms with Gasteiger partial charge in [0.15, 0.2) is 0 Å². The molecule has 0 amide bonds. The van der Waals surface area contributed by atoms with E-state index in [1.165, 1.54) is 6.42 Å². The fraction of sp³-hybridized carbons (Fsp3) is 0.500. The Hall–Kier alpha value is -2.37. The van der Waals surface area contributed by atoms with Gasteiger partial charge in [0.1, 0.15) is 0 Å². The van der Waals surface area contributed by atoms with Gasteiger partial charge in [-0.15, -0.1) is 0 Å². The molecular formula is C18H24O6. The molecule has 2 N–H and O–H groups in total. The van der Waals surface area contributed by atoms with Crippen LogP contribution in [-0.4, -0.2) is 34.2 Å². The van der Waals surface area contributed by atoms with Crippen molar-refractivity contribution in [3.63, 3.8) is 0 Å². The van der Waals surface area contributed by atoms with Crippen LogP contribution in [0.3, 0.4) is 0 Å². The number of hydrogen-bond acceptors (Lipinski definition) is 4. The van der Waals surface area contributed by atoms with E-state index in [1.807, 2.05) is 0 Å². The minimum atomic E-state index is -1.30. The zero-order valence-electron chi connectivity index (χ0n) is 14.1. The molecule has 0 spiro atoms. The molecule has 0 saturated heterocycles. The second-order valence-electron chi connectivity index (χ2n) is 5.79. The van der Waals surface area contributed by atoms with Gasteiger partial charge < -0.3 is 14.9 Å². The van der Waals surface area contributed by atoms with E-state index < -0.39 is 17.9 Å². The second kappa shape index (κ2) is 9.70. The number of benzene rings is 1. The average molecular weight is 336 g/mol. The Morgan fingerprint density at radius 1 is 1.00 bits per heavy atom. The molecule has 0 aliphatic heterocycles. The van der Waals surface area contributed by atoms with E-state index in [2.05, 4.69) is 6.92 Å². The molecule has 1 unspecified atom stereocenters. The van der Waals surface area contributed by atoms with Crippen LogP contribution in [0.25, 0.3) is 0 Å². The molecule has 0 bridgehead atoms.